The molecule has 0 bridgehead atoms. The Kier molecular flexibility index (Phi) is 3.24. The lowest BCUT2D eigenvalue weighted by molar-refractivity contribution is -0.0965. The second-order valence-corrected chi connectivity index (χ2v) is 7.22. The zero-order valence-corrected chi connectivity index (χ0v) is 12.0. The van der Waals surface area contributed by atoms with Gasteiger partial charge in [-0.25, -0.2) is 13.1 Å². The summed E-state index contributed by atoms with van der Waals surface area (Å²) in [5.74, 6) is 0. The minimum absolute atomic E-state index is 0.0980. The van der Waals surface area contributed by atoms with E-state index in [0.29, 0.717) is 30.0 Å². The van der Waals surface area contributed by atoms with Gasteiger partial charge in [0.05, 0.1) is 18.1 Å². The fourth-order valence-corrected chi connectivity index (χ4v) is 3.65. The van der Waals surface area contributed by atoms with Crippen LogP contribution in [-0.2, 0) is 14.8 Å². The van der Waals surface area contributed by atoms with Crippen LogP contribution in [0.25, 0.3) is 10.8 Å². The summed E-state index contributed by atoms with van der Waals surface area (Å²) in [6, 6.07) is 6.91. The van der Waals surface area contributed by atoms with Crippen LogP contribution >= 0.6 is 0 Å². The van der Waals surface area contributed by atoms with Crippen LogP contribution in [0.2, 0.25) is 0 Å². The zero-order chi connectivity index (χ0) is 14.2. The number of rotatable bonds is 4. The monoisotopic (exact) mass is 292 g/mol. The highest BCUT2D eigenvalue weighted by atomic mass is 32.2. The van der Waals surface area contributed by atoms with Gasteiger partial charge in [0.25, 0.3) is 0 Å². The Labute approximate surface area is 118 Å². The minimum atomic E-state index is -3.53. The lowest BCUT2D eigenvalue weighted by atomic mass is 9.89. The summed E-state index contributed by atoms with van der Waals surface area (Å²) in [7, 11) is -3.53. The molecular weight excluding hydrogens is 276 g/mol. The molecule has 1 aromatic heterocycles. The summed E-state index contributed by atoms with van der Waals surface area (Å²) >= 11 is 0. The number of ether oxygens (including phenoxy) is 1. The van der Waals surface area contributed by atoms with Crippen molar-refractivity contribution in [3.05, 3.63) is 36.7 Å². The summed E-state index contributed by atoms with van der Waals surface area (Å²) in [5, 5.41) is 1.50. The number of sulfonamides is 1. The molecule has 1 saturated heterocycles. The molecule has 1 aliphatic heterocycles. The minimum Gasteiger partial charge on any atom is -0.380 e. The fourth-order valence-electron chi connectivity index (χ4n) is 2.23. The molecule has 0 unspecified atom stereocenters. The number of benzene rings is 1. The Morgan fingerprint density at radius 1 is 1.35 bits per heavy atom. The molecule has 1 aromatic carbocycles. The van der Waals surface area contributed by atoms with Gasteiger partial charge in [-0.2, -0.15) is 0 Å². The molecule has 3 rings (SSSR count). The highest BCUT2D eigenvalue weighted by Gasteiger charge is 2.34. The number of nitrogens with one attached hydrogen (secondary N) is 1. The maximum atomic E-state index is 12.5. The highest BCUT2D eigenvalue weighted by molar-refractivity contribution is 7.89. The molecule has 6 heteroatoms. The maximum Gasteiger partial charge on any atom is 0.241 e. The van der Waals surface area contributed by atoms with E-state index in [2.05, 4.69) is 9.71 Å². The molecule has 1 fully saturated rings. The van der Waals surface area contributed by atoms with Crippen LogP contribution in [0.4, 0.5) is 0 Å². The standard InChI is InChI=1S/C14H16N2O3S/c1-14(9-19-10-14)8-16-20(17,18)13-4-2-3-11-7-15-6-5-12(11)13/h2-7,16H,8-10H2,1H3. The van der Waals surface area contributed by atoms with Gasteiger partial charge in [0.2, 0.25) is 10.0 Å². The van der Waals surface area contributed by atoms with Crippen molar-refractivity contribution in [1.29, 1.82) is 0 Å². The first-order valence-electron chi connectivity index (χ1n) is 6.40. The van der Waals surface area contributed by atoms with Crippen LogP contribution in [0.1, 0.15) is 6.92 Å². The SMILES string of the molecule is CC1(CNS(=O)(=O)c2cccc3cnccc23)COC1. The average molecular weight is 292 g/mol. The molecule has 0 amide bonds. The molecule has 2 heterocycles. The molecule has 0 aliphatic carbocycles. The molecule has 5 nitrogen and oxygen atoms in total. The molecule has 0 radical (unpaired) electrons. The summed E-state index contributed by atoms with van der Waals surface area (Å²) in [6.07, 6.45) is 3.26. The van der Waals surface area contributed by atoms with Crippen molar-refractivity contribution in [3.63, 3.8) is 0 Å². The van der Waals surface area contributed by atoms with E-state index in [-0.39, 0.29) is 5.41 Å². The Bertz CT molecular complexity index is 734. The smallest absolute Gasteiger partial charge is 0.241 e. The van der Waals surface area contributed by atoms with Crippen LogP contribution in [0.15, 0.2) is 41.6 Å². The number of hydrogen-bond donors (Lipinski definition) is 1. The summed E-state index contributed by atoms with van der Waals surface area (Å²) < 4.78 is 32.7. The van der Waals surface area contributed by atoms with Crippen LogP contribution in [0.5, 0.6) is 0 Å². The topological polar surface area (TPSA) is 68.3 Å². The van der Waals surface area contributed by atoms with E-state index in [0.717, 1.165) is 5.39 Å². The van der Waals surface area contributed by atoms with E-state index in [9.17, 15) is 8.42 Å². The van der Waals surface area contributed by atoms with Crippen molar-refractivity contribution in [1.82, 2.24) is 9.71 Å². The molecule has 0 spiro atoms. The first-order valence-corrected chi connectivity index (χ1v) is 7.89. The van der Waals surface area contributed by atoms with Gasteiger partial charge in [-0.15, -0.1) is 0 Å². The van der Waals surface area contributed by atoms with Gasteiger partial charge in [0.1, 0.15) is 0 Å². The van der Waals surface area contributed by atoms with Gasteiger partial charge in [0.15, 0.2) is 0 Å². The first-order chi connectivity index (χ1) is 9.50. The van der Waals surface area contributed by atoms with Crippen molar-refractivity contribution in [2.75, 3.05) is 19.8 Å². The highest BCUT2D eigenvalue weighted by Crippen LogP contribution is 2.27. The Morgan fingerprint density at radius 2 is 2.15 bits per heavy atom. The predicted octanol–water partition coefficient (Wildman–Crippen LogP) is 1.55. The van der Waals surface area contributed by atoms with E-state index in [1.807, 2.05) is 13.0 Å². The van der Waals surface area contributed by atoms with Gasteiger partial charge >= 0.3 is 0 Å². The maximum absolute atomic E-state index is 12.5. The van der Waals surface area contributed by atoms with Crippen molar-refractivity contribution >= 4 is 20.8 Å². The van der Waals surface area contributed by atoms with Gasteiger partial charge in [-0.05, 0) is 12.1 Å². The molecule has 106 valence electrons. The zero-order valence-electron chi connectivity index (χ0n) is 11.2. The molecule has 2 aromatic rings. The molecule has 0 saturated carbocycles. The third-order valence-electron chi connectivity index (χ3n) is 3.52. The van der Waals surface area contributed by atoms with Crippen LogP contribution in [0, 0.1) is 5.41 Å². The number of pyridine rings is 1. The summed E-state index contributed by atoms with van der Waals surface area (Å²) in [4.78, 5) is 4.30. The van der Waals surface area contributed by atoms with E-state index in [4.69, 9.17) is 4.74 Å². The van der Waals surface area contributed by atoms with E-state index < -0.39 is 10.0 Å². The quantitative estimate of drug-likeness (QED) is 0.928. The van der Waals surface area contributed by atoms with Gasteiger partial charge < -0.3 is 4.74 Å². The third kappa shape index (κ3) is 2.42. The second-order valence-electron chi connectivity index (χ2n) is 5.48. The normalized spacial score (nSPS) is 17.9. The van der Waals surface area contributed by atoms with E-state index in [1.165, 1.54) is 0 Å². The fraction of sp³-hybridized carbons (Fsp3) is 0.357. The van der Waals surface area contributed by atoms with Crippen LogP contribution < -0.4 is 4.72 Å². The average Bonchev–Trinajstić information content (AvgIpc) is 2.42. The van der Waals surface area contributed by atoms with Crippen molar-refractivity contribution in [2.24, 2.45) is 5.41 Å². The van der Waals surface area contributed by atoms with E-state index in [1.54, 1.807) is 30.6 Å². The molecule has 1 N–H and O–H groups in total. The molecule has 1 aliphatic rings. The second kappa shape index (κ2) is 4.80. The van der Waals surface area contributed by atoms with Gasteiger partial charge in [-0.1, -0.05) is 19.1 Å². The van der Waals surface area contributed by atoms with Crippen LogP contribution in [0.3, 0.4) is 0 Å². The lowest BCUT2D eigenvalue weighted by Gasteiger charge is -2.37. The molecule has 0 atom stereocenters. The Balaban J connectivity index is 1.93. The lowest BCUT2D eigenvalue weighted by Crippen LogP contribution is -2.48. The van der Waals surface area contributed by atoms with Crippen molar-refractivity contribution in [3.8, 4) is 0 Å². The Morgan fingerprint density at radius 3 is 2.85 bits per heavy atom. The van der Waals surface area contributed by atoms with Crippen molar-refractivity contribution in [2.45, 2.75) is 11.8 Å². The third-order valence-corrected chi connectivity index (χ3v) is 4.98. The van der Waals surface area contributed by atoms with E-state index >= 15 is 0 Å². The summed E-state index contributed by atoms with van der Waals surface area (Å²) in [5.41, 5.74) is -0.0980. The number of aromatic nitrogens is 1. The molecule has 20 heavy (non-hydrogen) atoms. The summed E-state index contributed by atoms with van der Waals surface area (Å²) in [6.45, 7) is 3.58. The van der Waals surface area contributed by atoms with Gasteiger partial charge in [-0.3, -0.25) is 4.98 Å². The predicted molar refractivity (Wildman–Crippen MR) is 75.9 cm³/mol. The number of fused-ring (bicyclic) bond motifs is 1. The largest absolute Gasteiger partial charge is 0.380 e. The first kappa shape index (κ1) is 13.5. The number of nitrogens with zero attached hydrogens (tertiary/aromatic N) is 1. The Hall–Kier alpha value is -1.50. The molecular formula is C14H16N2O3S. The van der Waals surface area contributed by atoms with Crippen LogP contribution in [-0.4, -0.2) is 33.2 Å². The van der Waals surface area contributed by atoms with Crippen molar-refractivity contribution < 1.29 is 13.2 Å². The van der Waals surface area contributed by atoms with Gasteiger partial charge in [0, 0.05) is 35.1 Å². The number of hydrogen-bond acceptors (Lipinski definition) is 4.